The number of nitrogens with one attached hydrogen (secondary N) is 1. The molecule has 1 aromatic heterocycles. The van der Waals surface area contributed by atoms with Crippen molar-refractivity contribution >= 4 is 23.3 Å². The summed E-state index contributed by atoms with van der Waals surface area (Å²) in [5.41, 5.74) is 4.66. The molecule has 1 N–H and O–H groups in total. The van der Waals surface area contributed by atoms with E-state index in [-0.39, 0.29) is 11.8 Å². The third-order valence-electron chi connectivity index (χ3n) is 5.45. The van der Waals surface area contributed by atoms with Gasteiger partial charge in [0.05, 0.1) is 0 Å². The Hall–Kier alpha value is -2.92. The third-order valence-corrected chi connectivity index (χ3v) is 5.80. The highest BCUT2D eigenvalue weighted by atomic mass is 35.5. The number of aryl methyl sites for hydroxylation is 1. The van der Waals surface area contributed by atoms with Gasteiger partial charge in [0.2, 0.25) is 5.95 Å². The van der Waals surface area contributed by atoms with Gasteiger partial charge >= 0.3 is 0 Å². The van der Waals surface area contributed by atoms with Crippen LogP contribution in [0.5, 0.6) is 0 Å². The maximum absolute atomic E-state index is 12.9. The van der Waals surface area contributed by atoms with Crippen molar-refractivity contribution in [3.05, 3.63) is 76.0 Å². The van der Waals surface area contributed by atoms with Crippen LogP contribution in [0.25, 0.3) is 11.4 Å². The number of allylic oxidation sites excluding steroid dienone is 2. The smallest absolute Gasteiger partial charge is 0.226 e. The summed E-state index contributed by atoms with van der Waals surface area (Å²) in [5, 5.41) is 8.79. The molecule has 0 saturated carbocycles. The molecule has 5 nitrogen and oxygen atoms in total. The summed E-state index contributed by atoms with van der Waals surface area (Å²) >= 11 is 6.54. The fraction of sp³-hybridized carbons (Fsp3) is 0.227. The number of aromatic nitrogens is 3. The standard InChI is InChI=1S/C22H19ClN4O/c1-13-7-2-3-8-14(13)21-25-22-24-17-11-6-12-18(28)19(17)20(27(22)26-21)15-9-4-5-10-16(15)23/h2-5,7-10,20H,6,11-12H2,1H3,(H,24,25,26). The normalized spacial score (nSPS) is 18.5. The first-order valence-corrected chi connectivity index (χ1v) is 9.81. The maximum Gasteiger partial charge on any atom is 0.226 e. The second-order valence-electron chi connectivity index (χ2n) is 7.24. The molecule has 0 radical (unpaired) electrons. The lowest BCUT2D eigenvalue weighted by Crippen LogP contribution is -2.31. The van der Waals surface area contributed by atoms with Crippen molar-refractivity contribution in [2.75, 3.05) is 5.32 Å². The molecule has 2 aromatic carbocycles. The fourth-order valence-electron chi connectivity index (χ4n) is 4.08. The molecule has 0 bridgehead atoms. The van der Waals surface area contributed by atoms with Gasteiger partial charge in [-0.25, -0.2) is 4.68 Å². The predicted molar refractivity (Wildman–Crippen MR) is 109 cm³/mol. The van der Waals surface area contributed by atoms with E-state index in [0.29, 0.717) is 23.2 Å². The van der Waals surface area contributed by atoms with E-state index in [1.165, 1.54) is 0 Å². The summed E-state index contributed by atoms with van der Waals surface area (Å²) in [4.78, 5) is 17.6. The molecule has 0 amide bonds. The van der Waals surface area contributed by atoms with Crippen LogP contribution in [0.2, 0.25) is 5.02 Å². The van der Waals surface area contributed by atoms with Gasteiger partial charge in [0.1, 0.15) is 6.04 Å². The first-order chi connectivity index (χ1) is 13.6. The molecular weight excluding hydrogens is 372 g/mol. The van der Waals surface area contributed by atoms with Crippen LogP contribution < -0.4 is 5.32 Å². The SMILES string of the molecule is Cc1ccccc1-c1nc2n(n1)C(c1ccccc1Cl)C1=C(CCCC1=O)N2. The monoisotopic (exact) mass is 390 g/mol. The van der Waals surface area contributed by atoms with Crippen LogP contribution in [0.1, 0.15) is 36.4 Å². The van der Waals surface area contributed by atoms with Crippen LogP contribution in [0, 0.1) is 6.92 Å². The molecular formula is C22H19ClN4O. The van der Waals surface area contributed by atoms with Gasteiger partial charge in [-0.15, -0.1) is 5.10 Å². The Labute approximate surface area is 168 Å². The van der Waals surface area contributed by atoms with Crippen LogP contribution >= 0.6 is 11.6 Å². The topological polar surface area (TPSA) is 59.8 Å². The van der Waals surface area contributed by atoms with Crippen LogP contribution in [-0.2, 0) is 4.79 Å². The molecule has 6 heteroatoms. The predicted octanol–water partition coefficient (Wildman–Crippen LogP) is 4.93. The molecule has 1 atom stereocenters. The van der Waals surface area contributed by atoms with Crippen LogP contribution in [-0.4, -0.2) is 20.5 Å². The van der Waals surface area contributed by atoms with Gasteiger partial charge in [-0.3, -0.25) is 4.79 Å². The second-order valence-corrected chi connectivity index (χ2v) is 7.64. The summed E-state index contributed by atoms with van der Waals surface area (Å²) in [5.74, 6) is 1.44. The first kappa shape index (κ1) is 17.2. The number of hydrogen-bond acceptors (Lipinski definition) is 4. The van der Waals surface area contributed by atoms with Gasteiger partial charge in [-0.05, 0) is 31.4 Å². The summed E-state index contributed by atoms with van der Waals surface area (Å²) in [6, 6.07) is 15.3. The number of fused-ring (bicyclic) bond motifs is 1. The van der Waals surface area contributed by atoms with Crippen molar-refractivity contribution in [3.8, 4) is 11.4 Å². The van der Waals surface area contributed by atoms with Gasteiger partial charge in [-0.2, -0.15) is 4.98 Å². The van der Waals surface area contributed by atoms with E-state index in [1.807, 2.05) is 60.1 Å². The minimum absolute atomic E-state index is 0.150. The minimum atomic E-state index is -0.363. The molecule has 0 spiro atoms. The Morgan fingerprint density at radius 1 is 1.11 bits per heavy atom. The third kappa shape index (κ3) is 2.66. The molecule has 0 saturated heterocycles. The summed E-state index contributed by atoms with van der Waals surface area (Å²) < 4.78 is 1.81. The number of hydrogen-bond donors (Lipinski definition) is 1. The molecule has 140 valence electrons. The van der Waals surface area contributed by atoms with Gasteiger partial charge in [0, 0.05) is 33.8 Å². The number of benzene rings is 2. The molecule has 1 aliphatic carbocycles. The van der Waals surface area contributed by atoms with Crippen molar-refractivity contribution < 1.29 is 4.79 Å². The summed E-state index contributed by atoms with van der Waals surface area (Å²) in [7, 11) is 0. The van der Waals surface area contributed by atoms with Crippen molar-refractivity contribution in [1.82, 2.24) is 14.8 Å². The first-order valence-electron chi connectivity index (χ1n) is 9.43. The average Bonchev–Trinajstić information content (AvgIpc) is 3.11. The molecule has 2 aliphatic rings. The van der Waals surface area contributed by atoms with E-state index in [1.54, 1.807) is 0 Å². The zero-order valence-corrected chi connectivity index (χ0v) is 16.2. The van der Waals surface area contributed by atoms with E-state index in [2.05, 4.69) is 5.32 Å². The Bertz CT molecular complexity index is 1130. The lowest BCUT2D eigenvalue weighted by atomic mass is 9.85. The lowest BCUT2D eigenvalue weighted by molar-refractivity contribution is -0.116. The fourth-order valence-corrected chi connectivity index (χ4v) is 4.32. The Kier molecular flexibility index (Phi) is 4.05. The lowest BCUT2D eigenvalue weighted by Gasteiger charge is -2.32. The number of rotatable bonds is 2. The van der Waals surface area contributed by atoms with E-state index < -0.39 is 0 Å². The van der Waals surface area contributed by atoms with Crippen LogP contribution in [0.15, 0.2) is 59.8 Å². The largest absolute Gasteiger partial charge is 0.328 e. The number of nitrogens with zero attached hydrogens (tertiary/aromatic N) is 3. The Morgan fingerprint density at radius 2 is 1.89 bits per heavy atom. The Morgan fingerprint density at radius 3 is 2.71 bits per heavy atom. The van der Waals surface area contributed by atoms with E-state index in [0.717, 1.165) is 40.8 Å². The number of carbonyl (C=O) groups excluding carboxylic acids is 1. The van der Waals surface area contributed by atoms with E-state index in [4.69, 9.17) is 21.7 Å². The average molecular weight is 391 g/mol. The number of anilines is 1. The quantitative estimate of drug-likeness (QED) is 0.674. The summed E-state index contributed by atoms with van der Waals surface area (Å²) in [6.45, 7) is 2.04. The highest BCUT2D eigenvalue weighted by molar-refractivity contribution is 6.31. The highest BCUT2D eigenvalue weighted by Crippen LogP contribution is 2.42. The summed E-state index contributed by atoms with van der Waals surface area (Å²) in [6.07, 6.45) is 2.23. The maximum atomic E-state index is 12.9. The number of halogens is 1. The molecule has 0 fully saturated rings. The highest BCUT2D eigenvalue weighted by Gasteiger charge is 2.37. The van der Waals surface area contributed by atoms with Crippen molar-refractivity contribution in [2.45, 2.75) is 32.2 Å². The van der Waals surface area contributed by atoms with E-state index in [9.17, 15) is 4.79 Å². The van der Waals surface area contributed by atoms with Gasteiger partial charge in [0.15, 0.2) is 11.6 Å². The second kappa shape index (κ2) is 6.60. The zero-order chi connectivity index (χ0) is 19.3. The number of ketones is 1. The number of carbonyl (C=O) groups is 1. The Balaban J connectivity index is 1.72. The van der Waals surface area contributed by atoms with Crippen molar-refractivity contribution in [3.63, 3.8) is 0 Å². The molecule has 1 unspecified atom stereocenters. The van der Waals surface area contributed by atoms with Gasteiger partial charge in [0.25, 0.3) is 0 Å². The van der Waals surface area contributed by atoms with Crippen molar-refractivity contribution in [1.29, 1.82) is 0 Å². The van der Waals surface area contributed by atoms with Crippen LogP contribution in [0.3, 0.4) is 0 Å². The molecule has 3 aromatic rings. The molecule has 28 heavy (non-hydrogen) atoms. The number of Topliss-reactive ketones (excluding diaryl/α,β-unsaturated/α-hetero) is 1. The molecule has 5 rings (SSSR count). The minimum Gasteiger partial charge on any atom is -0.328 e. The van der Waals surface area contributed by atoms with Crippen LogP contribution in [0.4, 0.5) is 5.95 Å². The van der Waals surface area contributed by atoms with Crippen molar-refractivity contribution in [2.24, 2.45) is 0 Å². The zero-order valence-electron chi connectivity index (χ0n) is 15.4. The van der Waals surface area contributed by atoms with Gasteiger partial charge in [-0.1, -0.05) is 54.1 Å². The van der Waals surface area contributed by atoms with Gasteiger partial charge < -0.3 is 5.32 Å². The van der Waals surface area contributed by atoms with E-state index >= 15 is 0 Å². The molecule has 2 heterocycles. The molecule has 1 aliphatic heterocycles.